The summed E-state index contributed by atoms with van der Waals surface area (Å²) in [6, 6.07) is 18.3. The Kier molecular flexibility index (Phi) is 3.76. The number of aliphatic carboxylic acids is 1. The fraction of sp³-hybridized carbons (Fsp3) is 0.278. The third-order valence-corrected chi connectivity index (χ3v) is 4.35. The summed E-state index contributed by atoms with van der Waals surface area (Å²) in [5.41, 5.74) is 2.61. The highest BCUT2D eigenvalue weighted by molar-refractivity contribution is 5.75. The van der Waals surface area contributed by atoms with Gasteiger partial charge < -0.3 is 15.2 Å². The van der Waals surface area contributed by atoms with Crippen LogP contribution in [0.1, 0.15) is 18.4 Å². The molecule has 0 spiro atoms. The number of carbonyl (C=O) groups excluding carboxylic acids is 1. The summed E-state index contributed by atoms with van der Waals surface area (Å²) >= 11 is 0. The van der Waals surface area contributed by atoms with Gasteiger partial charge in [0.1, 0.15) is 11.5 Å². The van der Waals surface area contributed by atoms with Gasteiger partial charge in [-0.2, -0.15) is 0 Å². The van der Waals surface area contributed by atoms with Crippen molar-refractivity contribution in [1.29, 1.82) is 0 Å². The fourth-order valence-corrected chi connectivity index (χ4v) is 3.13. The van der Waals surface area contributed by atoms with Crippen molar-refractivity contribution in [3.63, 3.8) is 0 Å². The summed E-state index contributed by atoms with van der Waals surface area (Å²) in [7, 11) is 0. The number of carboxylic acids is 1. The van der Waals surface area contributed by atoms with E-state index in [0.717, 1.165) is 24.1 Å². The summed E-state index contributed by atoms with van der Waals surface area (Å²) in [4.78, 5) is 11.5. The number of quaternary nitrogens is 1. The van der Waals surface area contributed by atoms with E-state index in [-0.39, 0.29) is 0 Å². The van der Waals surface area contributed by atoms with Crippen LogP contribution in [-0.4, -0.2) is 18.1 Å². The summed E-state index contributed by atoms with van der Waals surface area (Å²) in [5.74, 6) is -0.938. The molecule has 1 aliphatic heterocycles. The maximum atomic E-state index is 11.5. The lowest BCUT2D eigenvalue weighted by Gasteiger charge is -2.27. The van der Waals surface area contributed by atoms with E-state index in [1.807, 2.05) is 35.6 Å². The second kappa shape index (κ2) is 5.70. The monoisotopic (exact) mass is 281 g/mol. The Morgan fingerprint density at radius 2 is 1.71 bits per heavy atom. The van der Waals surface area contributed by atoms with Crippen molar-refractivity contribution in [3.05, 3.63) is 60.2 Å². The van der Waals surface area contributed by atoms with E-state index in [9.17, 15) is 9.90 Å². The quantitative estimate of drug-likeness (QED) is 0.899. The van der Waals surface area contributed by atoms with Gasteiger partial charge in [-0.05, 0) is 16.7 Å². The average molecular weight is 281 g/mol. The standard InChI is InChI=1S/C18H19NO2/c20-17(21)18(11-4-12-19-18)13-14-7-9-16(10-8-14)15-5-2-1-3-6-15/h1-3,5-10,19H,4,11-13H2,(H,20,21)/t18-/m0/s1. The molecule has 2 aromatic carbocycles. The topological polar surface area (TPSA) is 56.7 Å². The van der Waals surface area contributed by atoms with Crippen molar-refractivity contribution in [2.24, 2.45) is 0 Å². The average Bonchev–Trinajstić information content (AvgIpc) is 2.99. The van der Waals surface area contributed by atoms with Crippen molar-refractivity contribution < 1.29 is 15.2 Å². The molecule has 2 aromatic rings. The molecule has 0 aromatic heterocycles. The second-order valence-electron chi connectivity index (χ2n) is 5.78. The van der Waals surface area contributed by atoms with Gasteiger partial charge in [0.05, 0.1) is 6.54 Å². The first kappa shape index (κ1) is 13.8. The Morgan fingerprint density at radius 3 is 2.29 bits per heavy atom. The van der Waals surface area contributed by atoms with Gasteiger partial charge >= 0.3 is 0 Å². The van der Waals surface area contributed by atoms with Crippen LogP contribution in [-0.2, 0) is 11.2 Å². The van der Waals surface area contributed by atoms with Gasteiger partial charge in [0.25, 0.3) is 0 Å². The van der Waals surface area contributed by atoms with E-state index in [0.29, 0.717) is 12.8 Å². The van der Waals surface area contributed by atoms with Crippen LogP contribution in [0, 0.1) is 0 Å². The van der Waals surface area contributed by atoms with Crippen LogP contribution in [0.5, 0.6) is 0 Å². The number of hydrogen-bond donors (Lipinski definition) is 1. The Labute approximate surface area is 124 Å². The van der Waals surface area contributed by atoms with Crippen LogP contribution < -0.4 is 10.4 Å². The summed E-state index contributed by atoms with van der Waals surface area (Å²) in [6.45, 7) is 0.871. The molecule has 0 saturated carbocycles. The molecule has 1 aliphatic rings. The zero-order valence-corrected chi connectivity index (χ0v) is 11.9. The molecule has 2 N–H and O–H groups in total. The van der Waals surface area contributed by atoms with Gasteiger partial charge in [0.2, 0.25) is 0 Å². The molecule has 108 valence electrons. The number of nitrogens with two attached hydrogens (primary N) is 1. The largest absolute Gasteiger partial charge is 0.544 e. The Bertz CT molecular complexity index is 613. The lowest BCUT2D eigenvalue weighted by Crippen LogP contribution is -2.97. The van der Waals surface area contributed by atoms with E-state index in [1.54, 1.807) is 0 Å². The highest BCUT2D eigenvalue weighted by Gasteiger charge is 2.39. The predicted octanol–water partition coefficient (Wildman–Crippen LogP) is 0.742. The van der Waals surface area contributed by atoms with Gasteiger partial charge in [-0.3, -0.25) is 0 Å². The van der Waals surface area contributed by atoms with Gasteiger partial charge in [0.15, 0.2) is 0 Å². The number of hydrogen-bond acceptors (Lipinski definition) is 2. The van der Waals surface area contributed by atoms with Crippen LogP contribution in [0.4, 0.5) is 0 Å². The third kappa shape index (κ3) is 2.83. The molecule has 0 unspecified atom stereocenters. The molecule has 0 amide bonds. The lowest BCUT2D eigenvalue weighted by atomic mass is 9.89. The van der Waals surface area contributed by atoms with Crippen molar-refractivity contribution in [2.45, 2.75) is 24.8 Å². The molecule has 0 radical (unpaired) electrons. The van der Waals surface area contributed by atoms with Crippen molar-refractivity contribution in [1.82, 2.24) is 0 Å². The second-order valence-corrected chi connectivity index (χ2v) is 5.78. The first-order valence-corrected chi connectivity index (χ1v) is 7.40. The number of benzene rings is 2. The maximum Gasteiger partial charge on any atom is 0.140 e. The molecule has 3 rings (SSSR count). The molecule has 1 saturated heterocycles. The van der Waals surface area contributed by atoms with Crippen LogP contribution in [0.2, 0.25) is 0 Å². The molecular formula is C18H19NO2. The van der Waals surface area contributed by atoms with E-state index in [4.69, 9.17) is 0 Å². The lowest BCUT2D eigenvalue weighted by molar-refractivity contribution is -0.700. The zero-order valence-electron chi connectivity index (χ0n) is 11.9. The first-order chi connectivity index (χ1) is 10.2. The molecule has 0 bridgehead atoms. The fourth-order valence-electron chi connectivity index (χ4n) is 3.13. The predicted molar refractivity (Wildman–Crippen MR) is 79.3 cm³/mol. The van der Waals surface area contributed by atoms with Crippen molar-refractivity contribution in [2.75, 3.05) is 6.54 Å². The molecule has 3 heteroatoms. The van der Waals surface area contributed by atoms with Crippen LogP contribution in [0.3, 0.4) is 0 Å². The highest BCUT2D eigenvalue weighted by atomic mass is 16.4. The summed E-state index contributed by atoms with van der Waals surface area (Å²) in [6.07, 6.45) is 2.16. The molecule has 1 heterocycles. The third-order valence-electron chi connectivity index (χ3n) is 4.35. The van der Waals surface area contributed by atoms with E-state index >= 15 is 0 Å². The summed E-state index contributed by atoms with van der Waals surface area (Å²) < 4.78 is 0. The van der Waals surface area contributed by atoms with Crippen LogP contribution in [0.15, 0.2) is 54.6 Å². The molecule has 3 nitrogen and oxygen atoms in total. The van der Waals surface area contributed by atoms with Gasteiger partial charge in [0, 0.05) is 19.3 Å². The van der Waals surface area contributed by atoms with Crippen LogP contribution in [0.25, 0.3) is 11.1 Å². The van der Waals surface area contributed by atoms with E-state index in [1.165, 1.54) is 5.56 Å². The first-order valence-electron chi connectivity index (χ1n) is 7.40. The normalized spacial score (nSPS) is 21.3. The smallest absolute Gasteiger partial charge is 0.140 e. The Balaban J connectivity index is 1.80. The van der Waals surface area contributed by atoms with Crippen molar-refractivity contribution >= 4 is 5.97 Å². The summed E-state index contributed by atoms with van der Waals surface area (Å²) in [5, 5.41) is 13.4. The minimum absolute atomic E-state index is 0.532. The number of carbonyl (C=O) groups is 1. The van der Waals surface area contributed by atoms with Crippen molar-refractivity contribution in [3.8, 4) is 11.1 Å². The SMILES string of the molecule is O=C([O-])[C@@]1(Cc2ccc(-c3ccccc3)cc2)CCC[NH2+]1. The van der Waals surface area contributed by atoms with Gasteiger partial charge in [-0.25, -0.2) is 0 Å². The van der Waals surface area contributed by atoms with Crippen LogP contribution >= 0.6 is 0 Å². The Morgan fingerprint density at radius 1 is 1.05 bits per heavy atom. The molecular weight excluding hydrogens is 262 g/mol. The van der Waals surface area contributed by atoms with Gasteiger partial charge in [-0.1, -0.05) is 54.6 Å². The number of rotatable bonds is 4. The molecule has 21 heavy (non-hydrogen) atoms. The van der Waals surface area contributed by atoms with E-state index < -0.39 is 11.5 Å². The number of carboxylic acid groups (broad SMARTS) is 1. The zero-order chi connectivity index (χ0) is 14.7. The van der Waals surface area contributed by atoms with Gasteiger partial charge in [-0.15, -0.1) is 0 Å². The van der Waals surface area contributed by atoms with E-state index in [2.05, 4.69) is 24.3 Å². The molecule has 1 atom stereocenters. The minimum Gasteiger partial charge on any atom is -0.544 e. The maximum absolute atomic E-state index is 11.5. The minimum atomic E-state index is -0.938. The molecule has 1 fully saturated rings. The highest BCUT2D eigenvalue weighted by Crippen LogP contribution is 2.22. The molecule has 0 aliphatic carbocycles. The Hall–Kier alpha value is -2.13.